The molecule has 0 aliphatic carbocycles. The predicted molar refractivity (Wildman–Crippen MR) is 78.5 cm³/mol. The van der Waals surface area contributed by atoms with Gasteiger partial charge in [-0.05, 0) is 43.7 Å². The Bertz CT molecular complexity index is 587. The molecule has 2 aromatic rings. The van der Waals surface area contributed by atoms with Gasteiger partial charge in [-0.3, -0.25) is 4.79 Å². The van der Waals surface area contributed by atoms with Crippen LogP contribution in [0.2, 0.25) is 5.02 Å². The predicted octanol–water partition coefficient (Wildman–Crippen LogP) is 3.89. The molecule has 98 valence electrons. The highest BCUT2D eigenvalue weighted by atomic mass is 35.5. The first-order valence-corrected chi connectivity index (χ1v) is 6.53. The molecule has 0 aliphatic rings. The van der Waals surface area contributed by atoms with Gasteiger partial charge in [-0.1, -0.05) is 40.9 Å². The van der Waals surface area contributed by atoms with Gasteiger partial charge < -0.3 is 5.32 Å². The van der Waals surface area contributed by atoms with E-state index in [9.17, 15) is 4.79 Å². The smallest absolute Gasteiger partial charge is 0.251 e. The lowest BCUT2D eigenvalue weighted by Gasteiger charge is -2.07. The van der Waals surface area contributed by atoms with Crippen LogP contribution >= 0.6 is 11.6 Å². The molecule has 2 nitrogen and oxygen atoms in total. The molecule has 0 spiro atoms. The number of hydrogen-bond donors (Lipinski definition) is 1. The quantitative estimate of drug-likeness (QED) is 0.903. The Kier molecular flexibility index (Phi) is 4.23. The molecule has 0 bridgehead atoms. The van der Waals surface area contributed by atoms with E-state index in [1.54, 1.807) is 0 Å². The maximum absolute atomic E-state index is 12.1. The van der Waals surface area contributed by atoms with Gasteiger partial charge in [0.15, 0.2) is 0 Å². The molecule has 0 aliphatic heterocycles. The zero-order chi connectivity index (χ0) is 13.8. The first kappa shape index (κ1) is 13.6. The summed E-state index contributed by atoms with van der Waals surface area (Å²) in [5, 5.41) is 3.58. The number of carbonyl (C=O) groups is 1. The van der Waals surface area contributed by atoms with Crippen LogP contribution in [0.4, 0.5) is 0 Å². The third kappa shape index (κ3) is 3.83. The Hall–Kier alpha value is -1.80. The summed E-state index contributed by atoms with van der Waals surface area (Å²) in [7, 11) is 0. The van der Waals surface area contributed by atoms with Gasteiger partial charge >= 0.3 is 0 Å². The lowest BCUT2D eigenvalue weighted by molar-refractivity contribution is 0.0950. The van der Waals surface area contributed by atoms with Crippen LogP contribution in [0.25, 0.3) is 0 Å². The van der Waals surface area contributed by atoms with Gasteiger partial charge in [-0.2, -0.15) is 0 Å². The zero-order valence-corrected chi connectivity index (χ0v) is 11.8. The molecule has 0 aromatic heterocycles. The molecule has 19 heavy (non-hydrogen) atoms. The van der Waals surface area contributed by atoms with Crippen molar-refractivity contribution in [2.24, 2.45) is 0 Å². The summed E-state index contributed by atoms with van der Waals surface area (Å²) in [4.78, 5) is 12.1. The summed E-state index contributed by atoms with van der Waals surface area (Å²) >= 11 is 5.91. The molecule has 1 amide bonds. The topological polar surface area (TPSA) is 29.1 Å². The fourth-order valence-corrected chi connectivity index (χ4v) is 2.25. The summed E-state index contributed by atoms with van der Waals surface area (Å²) in [6, 6.07) is 13.3. The Morgan fingerprint density at radius 3 is 2.42 bits per heavy atom. The Labute approximate surface area is 118 Å². The molecule has 2 rings (SSSR count). The van der Waals surface area contributed by atoms with Gasteiger partial charge in [0, 0.05) is 17.1 Å². The molecule has 0 saturated carbocycles. The highest BCUT2D eigenvalue weighted by molar-refractivity contribution is 6.30. The first-order valence-electron chi connectivity index (χ1n) is 6.15. The second kappa shape index (κ2) is 5.89. The molecular formula is C16H16ClNO. The highest BCUT2D eigenvalue weighted by Crippen LogP contribution is 2.11. The van der Waals surface area contributed by atoms with Gasteiger partial charge in [-0.25, -0.2) is 0 Å². The van der Waals surface area contributed by atoms with E-state index >= 15 is 0 Å². The first-order chi connectivity index (χ1) is 9.04. The number of carbonyl (C=O) groups excluding carboxylic acids is 1. The second-order valence-corrected chi connectivity index (χ2v) is 5.13. The van der Waals surface area contributed by atoms with Crippen LogP contribution in [0.3, 0.4) is 0 Å². The van der Waals surface area contributed by atoms with E-state index in [-0.39, 0.29) is 5.91 Å². The second-order valence-electron chi connectivity index (χ2n) is 4.69. The van der Waals surface area contributed by atoms with Crippen molar-refractivity contribution >= 4 is 17.5 Å². The highest BCUT2D eigenvalue weighted by Gasteiger charge is 2.06. The van der Waals surface area contributed by atoms with E-state index in [1.807, 2.05) is 56.3 Å². The number of benzene rings is 2. The van der Waals surface area contributed by atoms with Crippen molar-refractivity contribution in [3.8, 4) is 0 Å². The molecule has 0 heterocycles. The van der Waals surface area contributed by atoms with Gasteiger partial charge in [0.1, 0.15) is 0 Å². The fourth-order valence-electron chi connectivity index (χ4n) is 2.04. The van der Waals surface area contributed by atoms with Gasteiger partial charge in [0.2, 0.25) is 0 Å². The van der Waals surface area contributed by atoms with Crippen molar-refractivity contribution < 1.29 is 4.79 Å². The summed E-state index contributed by atoms with van der Waals surface area (Å²) < 4.78 is 0. The molecule has 0 fully saturated rings. The van der Waals surface area contributed by atoms with Crippen LogP contribution < -0.4 is 5.32 Å². The normalized spacial score (nSPS) is 10.3. The standard InChI is InChI=1S/C16H16ClNO/c1-11-6-12(2)8-14(7-11)16(19)18-10-13-4-3-5-15(17)9-13/h3-9H,10H2,1-2H3,(H,18,19). The van der Waals surface area contributed by atoms with Gasteiger partial charge in [0.25, 0.3) is 5.91 Å². The van der Waals surface area contributed by atoms with Crippen LogP contribution in [0.5, 0.6) is 0 Å². The minimum absolute atomic E-state index is 0.0632. The van der Waals surface area contributed by atoms with E-state index in [1.165, 1.54) is 0 Å². The van der Waals surface area contributed by atoms with Crippen LogP contribution in [-0.4, -0.2) is 5.91 Å². The largest absolute Gasteiger partial charge is 0.348 e. The zero-order valence-electron chi connectivity index (χ0n) is 11.0. The third-order valence-electron chi connectivity index (χ3n) is 2.83. The molecule has 2 aromatic carbocycles. The maximum atomic E-state index is 12.1. The molecule has 0 radical (unpaired) electrons. The third-order valence-corrected chi connectivity index (χ3v) is 3.06. The number of amides is 1. The van der Waals surface area contributed by atoms with Gasteiger partial charge in [-0.15, -0.1) is 0 Å². The van der Waals surface area contributed by atoms with E-state index in [0.717, 1.165) is 16.7 Å². The van der Waals surface area contributed by atoms with E-state index in [2.05, 4.69) is 5.32 Å². The van der Waals surface area contributed by atoms with Crippen molar-refractivity contribution in [2.75, 3.05) is 0 Å². The number of nitrogens with one attached hydrogen (secondary N) is 1. The van der Waals surface area contributed by atoms with Crippen LogP contribution in [0.1, 0.15) is 27.0 Å². The average molecular weight is 274 g/mol. The van der Waals surface area contributed by atoms with Crippen molar-refractivity contribution in [1.29, 1.82) is 0 Å². The number of rotatable bonds is 3. The SMILES string of the molecule is Cc1cc(C)cc(C(=O)NCc2cccc(Cl)c2)c1. The Morgan fingerprint density at radius 2 is 1.79 bits per heavy atom. The minimum Gasteiger partial charge on any atom is -0.348 e. The number of hydrogen-bond acceptors (Lipinski definition) is 1. The molecule has 1 N–H and O–H groups in total. The number of aryl methyl sites for hydroxylation is 2. The van der Waals surface area contributed by atoms with E-state index in [4.69, 9.17) is 11.6 Å². The molecule has 0 atom stereocenters. The summed E-state index contributed by atoms with van der Waals surface area (Å²) in [6.45, 7) is 4.45. The van der Waals surface area contributed by atoms with E-state index in [0.29, 0.717) is 17.1 Å². The van der Waals surface area contributed by atoms with E-state index < -0.39 is 0 Å². The van der Waals surface area contributed by atoms with Crippen LogP contribution in [-0.2, 0) is 6.54 Å². The molecule has 3 heteroatoms. The van der Waals surface area contributed by atoms with Crippen LogP contribution in [0.15, 0.2) is 42.5 Å². The lowest BCUT2D eigenvalue weighted by Crippen LogP contribution is -2.22. The summed E-state index contributed by atoms with van der Waals surface area (Å²) in [6.07, 6.45) is 0. The molecule has 0 unspecified atom stereocenters. The summed E-state index contributed by atoms with van der Waals surface area (Å²) in [5.41, 5.74) is 3.87. The average Bonchev–Trinajstić information content (AvgIpc) is 2.35. The van der Waals surface area contributed by atoms with Crippen LogP contribution in [0, 0.1) is 13.8 Å². The van der Waals surface area contributed by atoms with Crippen molar-refractivity contribution in [1.82, 2.24) is 5.32 Å². The molecular weight excluding hydrogens is 258 g/mol. The Balaban J connectivity index is 2.05. The minimum atomic E-state index is -0.0632. The molecule has 0 saturated heterocycles. The number of halogens is 1. The van der Waals surface area contributed by atoms with Crippen molar-refractivity contribution in [2.45, 2.75) is 20.4 Å². The Morgan fingerprint density at radius 1 is 1.11 bits per heavy atom. The monoisotopic (exact) mass is 273 g/mol. The fraction of sp³-hybridized carbons (Fsp3) is 0.188. The maximum Gasteiger partial charge on any atom is 0.251 e. The summed E-state index contributed by atoms with van der Waals surface area (Å²) in [5.74, 6) is -0.0632. The lowest BCUT2D eigenvalue weighted by atomic mass is 10.1. The van der Waals surface area contributed by atoms with Crippen molar-refractivity contribution in [3.05, 3.63) is 69.7 Å². The van der Waals surface area contributed by atoms with Gasteiger partial charge in [0.05, 0.1) is 0 Å². The van der Waals surface area contributed by atoms with Crippen molar-refractivity contribution in [3.63, 3.8) is 0 Å².